The van der Waals surface area contributed by atoms with E-state index in [0.29, 0.717) is 11.4 Å². The Bertz CT molecular complexity index is 517. The van der Waals surface area contributed by atoms with Gasteiger partial charge in [0.05, 0.1) is 0 Å². The van der Waals surface area contributed by atoms with E-state index in [2.05, 4.69) is 0 Å². The molecule has 0 aliphatic rings. The minimum atomic E-state index is 0.155. The van der Waals surface area contributed by atoms with Gasteiger partial charge in [-0.1, -0.05) is 42.8 Å². The van der Waals surface area contributed by atoms with E-state index in [1.807, 2.05) is 31.2 Å². The molecule has 2 rings (SSSR count). The lowest BCUT2D eigenvalue weighted by Crippen LogP contribution is -1.97. The van der Waals surface area contributed by atoms with Crippen molar-refractivity contribution in [1.29, 1.82) is 0 Å². The lowest BCUT2D eigenvalue weighted by atomic mass is 10.0. The lowest BCUT2D eigenvalue weighted by molar-refractivity contribution is 0.0990. The molecule has 0 aliphatic carbocycles. The number of hydrogen-bond acceptors (Lipinski definition) is 1. The Morgan fingerprint density at radius 3 is 2.47 bits per heavy atom. The van der Waals surface area contributed by atoms with E-state index in [1.165, 1.54) is 0 Å². The quantitative estimate of drug-likeness (QED) is 0.694. The molecule has 2 heteroatoms. The molecule has 0 N–H and O–H groups in total. The fourth-order valence-corrected chi connectivity index (χ4v) is 1.92. The van der Waals surface area contributed by atoms with Crippen molar-refractivity contribution in [2.45, 2.75) is 13.3 Å². The van der Waals surface area contributed by atoms with Gasteiger partial charge in [-0.05, 0) is 17.5 Å². The smallest absolute Gasteiger partial charge is 0.163 e. The number of hydrogen-bond donors (Lipinski definition) is 0. The molecule has 2 aromatic carbocycles. The van der Waals surface area contributed by atoms with Crippen LogP contribution >= 0.6 is 11.6 Å². The van der Waals surface area contributed by atoms with Gasteiger partial charge in [-0.3, -0.25) is 4.79 Å². The van der Waals surface area contributed by atoms with E-state index in [1.54, 1.807) is 12.1 Å². The Morgan fingerprint density at radius 1 is 1.13 bits per heavy atom. The van der Waals surface area contributed by atoms with E-state index in [9.17, 15) is 4.79 Å². The third-order valence-electron chi connectivity index (χ3n) is 2.49. The maximum absolute atomic E-state index is 11.7. The number of halogens is 1. The summed E-state index contributed by atoms with van der Waals surface area (Å²) in [7, 11) is 0. The summed E-state index contributed by atoms with van der Waals surface area (Å²) in [5.41, 5.74) is 0.762. The van der Waals surface area contributed by atoms with Crippen LogP contribution in [0.4, 0.5) is 0 Å². The first kappa shape index (κ1) is 10.2. The minimum absolute atomic E-state index is 0.155. The molecule has 0 aliphatic heterocycles. The Kier molecular flexibility index (Phi) is 2.74. The summed E-state index contributed by atoms with van der Waals surface area (Å²) in [4.78, 5) is 11.7. The summed E-state index contributed by atoms with van der Waals surface area (Å²) >= 11 is 6.07. The number of rotatable bonds is 2. The Balaban J connectivity index is 2.77. The van der Waals surface area contributed by atoms with Crippen LogP contribution in [0.2, 0.25) is 5.02 Å². The van der Waals surface area contributed by atoms with Gasteiger partial charge < -0.3 is 0 Å². The van der Waals surface area contributed by atoms with Gasteiger partial charge in [0.25, 0.3) is 0 Å². The second-order valence-electron chi connectivity index (χ2n) is 3.42. The lowest BCUT2D eigenvalue weighted by Gasteiger charge is -2.05. The van der Waals surface area contributed by atoms with Gasteiger partial charge in [0.2, 0.25) is 0 Å². The van der Waals surface area contributed by atoms with Gasteiger partial charge in [-0.15, -0.1) is 0 Å². The molecule has 0 fully saturated rings. The first-order chi connectivity index (χ1) is 7.24. The van der Waals surface area contributed by atoms with Gasteiger partial charge in [-0.2, -0.15) is 0 Å². The van der Waals surface area contributed by atoms with Crippen LogP contribution in [0.5, 0.6) is 0 Å². The van der Waals surface area contributed by atoms with Crippen molar-refractivity contribution < 1.29 is 4.79 Å². The zero-order valence-electron chi connectivity index (χ0n) is 8.46. The zero-order valence-corrected chi connectivity index (χ0v) is 9.21. The van der Waals surface area contributed by atoms with Crippen LogP contribution in [0.1, 0.15) is 23.7 Å². The van der Waals surface area contributed by atoms with Crippen LogP contribution in [-0.2, 0) is 0 Å². The molecule has 0 radical (unpaired) electrons. The summed E-state index contributed by atoms with van der Waals surface area (Å²) in [5.74, 6) is 0.155. The summed E-state index contributed by atoms with van der Waals surface area (Å²) in [5, 5.41) is 2.58. The van der Waals surface area contributed by atoms with Crippen LogP contribution in [-0.4, -0.2) is 5.78 Å². The van der Waals surface area contributed by atoms with Crippen molar-refractivity contribution >= 4 is 28.2 Å². The number of carbonyl (C=O) groups excluding carboxylic acids is 1. The van der Waals surface area contributed by atoms with Crippen LogP contribution in [0, 0.1) is 0 Å². The number of benzene rings is 2. The Hall–Kier alpha value is -1.34. The third kappa shape index (κ3) is 1.75. The molecular formula is C13H11ClO. The van der Waals surface area contributed by atoms with Gasteiger partial charge in [0, 0.05) is 22.4 Å². The van der Waals surface area contributed by atoms with Crippen molar-refractivity contribution in [3.8, 4) is 0 Å². The van der Waals surface area contributed by atoms with Crippen molar-refractivity contribution in [3.63, 3.8) is 0 Å². The highest BCUT2D eigenvalue weighted by Gasteiger charge is 2.09. The topological polar surface area (TPSA) is 17.1 Å². The predicted octanol–water partition coefficient (Wildman–Crippen LogP) is 4.09. The fraction of sp³-hybridized carbons (Fsp3) is 0.154. The zero-order chi connectivity index (χ0) is 10.8. The van der Waals surface area contributed by atoms with Crippen LogP contribution in [0.25, 0.3) is 10.8 Å². The number of ketones is 1. The van der Waals surface area contributed by atoms with Gasteiger partial charge in [0.15, 0.2) is 5.78 Å². The summed E-state index contributed by atoms with van der Waals surface area (Å²) in [6, 6.07) is 11.3. The van der Waals surface area contributed by atoms with E-state index < -0.39 is 0 Å². The first-order valence-electron chi connectivity index (χ1n) is 4.94. The molecule has 76 valence electrons. The molecule has 0 bridgehead atoms. The third-order valence-corrected chi connectivity index (χ3v) is 2.82. The number of Topliss-reactive ketones (excluding diaryl/α,β-unsaturated/α-hetero) is 1. The molecular weight excluding hydrogens is 208 g/mol. The molecule has 1 nitrogen and oxygen atoms in total. The predicted molar refractivity (Wildman–Crippen MR) is 63.6 cm³/mol. The average molecular weight is 219 g/mol. The highest BCUT2D eigenvalue weighted by molar-refractivity contribution is 6.36. The van der Waals surface area contributed by atoms with Crippen LogP contribution in [0.3, 0.4) is 0 Å². The summed E-state index contributed by atoms with van der Waals surface area (Å²) < 4.78 is 0. The fourth-order valence-electron chi connectivity index (χ4n) is 1.70. The molecule has 0 amide bonds. The molecule has 0 saturated carbocycles. The van der Waals surface area contributed by atoms with E-state index >= 15 is 0 Å². The van der Waals surface area contributed by atoms with Gasteiger partial charge in [-0.25, -0.2) is 0 Å². The SMILES string of the molecule is CCC(=O)c1ccc(Cl)c2ccccc12. The van der Waals surface area contributed by atoms with Crippen molar-refractivity contribution in [2.75, 3.05) is 0 Å². The number of carbonyl (C=O) groups is 1. The number of fused-ring (bicyclic) bond motifs is 1. The maximum Gasteiger partial charge on any atom is 0.163 e. The molecule has 0 spiro atoms. The van der Waals surface area contributed by atoms with Crippen LogP contribution in [0.15, 0.2) is 36.4 Å². The molecule has 15 heavy (non-hydrogen) atoms. The van der Waals surface area contributed by atoms with Crippen molar-refractivity contribution in [2.24, 2.45) is 0 Å². The first-order valence-corrected chi connectivity index (χ1v) is 5.32. The summed E-state index contributed by atoms with van der Waals surface area (Å²) in [6.45, 7) is 1.87. The highest BCUT2D eigenvalue weighted by Crippen LogP contribution is 2.26. The van der Waals surface area contributed by atoms with Crippen molar-refractivity contribution in [1.82, 2.24) is 0 Å². The Labute approximate surface area is 93.7 Å². The molecule has 0 heterocycles. The minimum Gasteiger partial charge on any atom is -0.294 e. The largest absolute Gasteiger partial charge is 0.294 e. The van der Waals surface area contributed by atoms with Gasteiger partial charge in [0.1, 0.15) is 0 Å². The van der Waals surface area contributed by atoms with Crippen LogP contribution < -0.4 is 0 Å². The second-order valence-corrected chi connectivity index (χ2v) is 3.82. The van der Waals surface area contributed by atoms with Crippen molar-refractivity contribution in [3.05, 3.63) is 47.0 Å². The van der Waals surface area contributed by atoms with E-state index in [4.69, 9.17) is 11.6 Å². The molecule has 0 atom stereocenters. The molecule has 0 unspecified atom stereocenters. The monoisotopic (exact) mass is 218 g/mol. The maximum atomic E-state index is 11.7. The molecule has 0 saturated heterocycles. The average Bonchev–Trinajstić information content (AvgIpc) is 2.29. The second kappa shape index (κ2) is 4.03. The molecule has 2 aromatic rings. The van der Waals surface area contributed by atoms with E-state index in [-0.39, 0.29) is 5.78 Å². The molecule has 0 aromatic heterocycles. The highest BCUT2D eigenvalue weighted by atomic mass is 35.5. The summed E-state index contributed by atoms with van der Waals surface area (Å²) in [6.07, 6.45) is 0.519. The normalized spacial score (nSPS) is 10.5. The van der Waals surface area contributed by atoms with E-state index in [0.717, 1.165) is 16.3 Å². The standard InChI is InChI=1S/C13H11ClO/c1-2-13(15)11-7-8-12(14)10-6-4-3-5-9(10)11/h3-8H,2H2,1H3. The Morgan fingerprint density at radius 2 is 1.80 bits per heavy atom. The van der Waals surface area contributed by atoms with Gasteiger partial charge >= 0.3 is 0 Å².